The maximum atomic E-state index is 12.1. The van der Waals surface area contributed by atoms with Gasteiger partial charge in [0, 0.05) is 16.6 Å². The van der Waals surface area contributed by atoms with E-state index in [1.54, 1.807) is 13.2 Å². The van der Waals surface area contributed by atoms with Crippen molar-refractivity contribution in [2.75, 3.05) is 12.4 Å². The first kappa shape index (κ1) is 15.8. The van der Waals surface area contributed by atoms with Crippen LogP contribution in [-0.2, 0) is 0 Å². The summed E-state index contributed by atoms with van der Waals surface area (Å²) in [6.45, 7) is 0. The third-order valence-electron chi connectivity index (χ3n) is 3.41. The largest absolute Gasteiger partial charge is 0.497 e. The number of rotatable bonds is 3. The summed E-state index contributed by atoms with van der Waals surface area (Å²) in [6, 6.07) is 16.7. The molecule has 0 aliphatic rings. The van der Waals surface area contributed by atoms with Gasteiger partial charge in [-0.25, -0.2) is 0 Å². The molecule has 7 heteroatoms. The molecule has 0 spiro atoms. The third-order valence-corrected chi connectivity index (χ3v) is 3.62. The monoisotopic (exact) mass is 340 g/mol. The molecule has 4 N–H and O–H groups in total. The van der Waals surface area contributed by atoms with E-state index in [1.807, 2.05) is 48.5 Å². The van der Waals surface area contributed by atoms with Gasteiger partial charge in [0.1, 0.15) is 11.4 Å². The fourth-order valence-corrected chi connectivity index (χ4v) is 2.38. The Kier molecular flexibility index (Phi) is 4.62. The molecule has 0 unspecified atom stereocenters. The Morgan fingerprint density at radius 3 is 2.54 bits per heavy atom. The first-order chi connectivity index (χ1) is 11.7. The fraction of sp³-hybridized carbons (Fsp3) is 0.0588. The molecule has 3 aromatic rings. The summed E-state index contributed by atoms with van der Waals surface area (Å²) in [5.74, 6) is 0.455. The van der Waals surface area contributed by atoms with Crippen LogP contribution in [0.15, 0.2) is 54.6 Å². The second-order valence-electron chi connectivity index (χ2n) is 5.03. The van der Waals surface area contributed by atoms with Gasteiger partial charge >= 0.3 is 0 Å². The molecule has 1 amide bonds. The van der Waals surface area contributed by atoms with Crippen LogP contribution in [0.25, 0.3) is 10.9 Å². The van der Waals surface area contributed by atoms with Crippen LogP contribution in [0.4, 0.5) is 5.69 Å². The lowest BCUT2D eigenvalue weighted by Crippen LogP contribution is -2.43. The second kappa shape index (κ2) is 7.01. The highest BCUT2D eigenvalue weighted by Crippen LogP contribution is 2.15. The highest BCUT2D eigenvalue weighted by Gasteiger charge is 2.09. The maximum Gasteiger partial charge on any atom is 0.286 e. The summed E-state index contributed by atoms with van der Waals surface area (Å²) >= 11 is 5.15. The molecule has 1 heterocycles. The van der Waals surface area contributed by atoms with Crippen LogP contribution in [0.1, 0.15) is 10.5 Å². The first-order valence-electron chi connectivity index (χ1n) is 7.25. The van der Waals surface area contributed by atoms with E-state index in [0.717, 1.165) is 22.3 Å². The predicted molar refractivity (Wildman–Crippen MR) is 98.1 cm³/mol. The molecule has 0 saturated heterocycles. The molecule has 3 rings (SSSR count). The summed E-state index contributed by atoms with van der Waals surface area (Å²) in [5.41, 5.74) is 7.37. The quantitative estimate of drug-likeness (QED) is 0.436. The van der Waals surface area contributed by atoms with Crippen LogP contribution in [0.3, 0.4) is 0 Å². The topological polar surface area (TPSA) is 78.2 Å². The van der Waals surface area contributed by atoms with E-state index in [2.05, 4.69) is 21.2 Å². The number of ether oxygens (including phenoxy) is 1. The Morgan fingerprint density at radius 2 is 1.83 bits per heavy atom. The van der Waals surface area contributed by atoms with E-state index < -0.39 is 0 Å². The molecule has 2 aromatic carbocycles. The fourth-order valence-electron chi connectivity index (χ4n) is 2.21. The van der Waals surface area contributed by atoms with Gasteiger partial charge in [-0.15, -0.1) is 0 Å². The Bertz CT molecular complexity index is 841. The van der Waals surface area contributed by atoms with Gasteiger partial charge in [-0.3, -0.25) is 15.6 Å². The molecule has 122 valence electrons. The van der Waals surface area contributed by atoms with Gasteiger partial charge in [0.15, 0.2) is 5.11 Å². The SMILES string of the molecule is COc1ccc(NC(=S)NNC(=O)c2cc3ccccc3[nH]2)cc1. The van der Waals surface area contributed by atoms with E-state index >= 15 is 0 Å². The number of aromatic nitrogens is 1. The van der Waals surface area contributed by atoms with Crippen molar-refractivity contribution < 1.29 is 9.53 Å². The number of methoxy groups -OCH3 is 1. The molecule has 0 saturated carbocycles. The normalized spacial score (nSPS) is 10.2. The van der Waals surface area contributed by atoms with Crippen molar-refractivity contribution in [3.8, 4) is 5.75 Å². The Hall–Kier alpha value is -3.06. The summed E-state index contributed by atoms with van der Waals surface area (Å²) in [5, 5.41) is 4.22. The smallest absolute Gasteiger partial charge is 0.286 e. The number of hydrogen-bond donors (Lipinski definition) is 4. The summed E-state index contributed by atoms with van der Waals surface area (Å²) < 4.78 is 5.09. The molecule has 1 aromatic heterocycles. The van der Waals surface area contributed by atoms with E-state index in [9.17, 15) is 4.79 Å². The van der Waals surface area contributed by atoms with Crippen molar-refractivity contribution in [3.05, 3.63) is 60.3 Å². The van der Waals surface area contributed by atoms with Crippen LogP contribution >= 0.6 is 12.2 Å². The van der Waals surface area contributed by atoms with Gasteiger partial charge in [-0.2, -0.15) is 0 Å². The molecule has 0 bridgehead atoms. The van der Waals surface area contributed by atoms with Crippen molar-refractivity contribution >= 4 is 39.8 Å². The highest BCUT2D eigenvalue weighted by atomic mass is 32.1. The van der Waals surface area contributed by atoms with E-state index in [4.69, 9.17) is 17.0 Å². The number of fused-ring (bicyclic) bond motifs is 1. The molecule has 0 aliphatic carbocycles. The zero-order valence-electron chi connectivity index (χ0n) is 12.9. The lowest BCUT2D eigenvalue weighted by Gasteiger charge is -2.11. The molecule has 0 radical (unpaired) electrons. The maximum absolute atomic E-state index is 12.1. The van der Waals surface area contributed by atoms with Crippen molar-refractivity contribution in [1.82, 2.24) is 15.8 Å². The van der Waals surface area contributed by atoms with Crippen molar-refractivity contribution in [2.45, 2.75) is 0 Å². The zero-order chi connectivity index (χ0) is 16.9. The molecular weight excluding hydrogens is 324 g/mol. The van der Waals surface area contributed by atoms with E-state index in [0.29, 0.717) is 5.69 Å². The van der Waals surface area contributed by atoms with Crippen LogP contribution in [0.5, 0.6) is 5.75 Å². The number of benzene rings is 2. The predicted octanol–water partition coefficient (Wildman–Crippen LogP) is 2.81. The van der Waals surface area contributed by atoms with Gasteiger partial charge in [0.2, 0.25) is 0 Å². The molecule has 0 aliphatic heterocycles. The number of para-hydroxylation sites is 1. The van der Waals surface area contributed by atoms with Gasteiger partial charge < -0.3 is 15.0 Å². The number of carbonyl (C=O) groups is 1. The van der Waals surface area contributed by atoms with Gasteiger partial charge in [-0.1, -0.05) is 18.2 Å². The number of hydrogen-bond acceptors (Lipinski definition) is 3. The number of thiocarbonyl (C=S) groups is 1. The van der Waals surface area contributed by atoms with Gasteiger partial charge in [0.05, 0.1) is 7.11 Å². The average molecular weight is 340 g/mol. The number of amides is 1. The van der Waals surface area contributed by atoms with E-state index in [1.165, 1.54) is 0 Å². The summed E-state index contributed by atoms with van der Waals surface area (Å²) in [7, 11) is 1.61. The molecule has 0 fully saturated rings. The lowest BCUT2D eigenvalue weighted by molar-refractivity contribution is 0.0940. The molecule has 24 heavy (non-hydrogen) atoms. The summed E-state index contributed by atoms with van der Waals surface area (Å²) in [4.78, 5) is 15.2. The number of H-pyrrole nitrogens is 1. The summed E-state index contributed by atoms with van der Waals surface area (Å²) in [6.07, 6.45) is 0. The standard InChI is InChI=1S/C17H16N4O2S/c1-23-13-8-6-12(7-9-13)18-17(24)21-20-16(22)15-10-11-4-2-3-5-14(11)19-15/h2-10,19H,1H3,(H,20,22)(H2,18,21,24). The molecular formula is C17H16N4O2S. The number of hydrazine groups is 1. The number of nitrogens with one attached hydrogen (secondary N) is 4. The third kappa shape index (κ3) is 3.64. The Morgan fingerprint density at radius 1 is 1.08 bits per heavy atom. The minimum absolute atomic E-state index is 0.282. The van der Waals surface area contributed by atoms with Gasteiger partial charge in [-0.05, 0) is 48.6 Å². The first-order valence-corrected chi connectivity index (χ1v) is 7.65. The Balaban J connectivity index is 1.55. The molecule has 0 atom stereocenters. The minimum atomic E-state index is -0.301. The Labute approximate surface area is 144 Å². The number of anilines is 1. The lowest BCUT2D eigenvalue weighted by atomic mass is 10.2. The van der Waals surface area contributed by atoms with Crippen LogP contribution in [0.2, 0.25) is 0 Å². The van der Waals surface area contributed by atoms with Crippen molar-refractivity contribution in [1.29, 1.82) is 0 Å². The average Bonchev–Trinajstić information content (AvgIpc) is 3.04. The van der Waals surface area contributed by atoms with Crippen molar-refractivity contribution in [2.24, 2.45) is 0 Å². The van der Waals surface area contributed by atoms with E-state index in [-0.39, 0.29) is 11.0 Å². The number of aromatic amines is 1. The zero-order valence-corrected chi connectivity index (χ0v) is 13.7. The van der Waals surface area contributed by atoms with Crippen LogP contribution in [0, 0.1) is 0 Å². The minimum Gasteiger partial charge on any atom is -0.497 e. The highest BCUT2D eigenvalue weighted by molar-refractivity contribution is 7.80. The van der Waals surface area contributed by atoms with Crippen LogP contribution in [-0.4, -0.2) is 23.1 Å². The van der Waals surface area contributed by atoms with Crippen molar-refractivity contribution in [3.63, 3.8) is 0 Å². The molecule has 6 nitrogen and oxygen atoms in total. The number of carbonyl (C=O) groups excluding carboxylic acids is 1. The van der Waals surface area contributed by atoms with Gasteiger partial charge in [0.25, 0.3) is 5.91 Å². The van der Waals surface area contributed by atoms with Crippen LogP contribution < -0.4 is 20.9 Å². The second-order valence-corrected chi connectivity index (χ2v) is 5.44.